The van der Waals surface area contributed by atoms with Crippen molar-refractivity contribution >= 4 is 23.5 Å². The number of ether oxygens (including phenoxy) is 1. The molecule has 0 aliphatic heterocycles. The molecule has 0 fully saturated rings. The van der Waals surface area contributed by atoms with Crippen molar-refractivity contribution in [2.75, 3.05) is 13.0 Å². The van der Waals surface area contributed by atoms with Crippen molar-refractivity contribution in [2.45, 2.75) is 6.54 Å². The standard InChI is InChI=1S/C9H10ClNO4/c1-14-9(13)7-3-2-6(15-7)5-11-8(12)4-10/h2-3H,4-5H2,1H3,(H,11,12). The molecule has 0 aliphatic carbocycles. The summed E-state index contributed by atoms with van der Waals surface area (Å²) in [7, 11) is 1.26. The summed E-state index contributed by atoms with van der Waals surface area (Å²) in [5.74, 6) is -0.385. The van der Waals surface area contributed by atoms with Crippen molar-refractivity contribution in [3.05, 3.63) is 23.7 Å². The molecule has 0 radical (unpaired) electrons. The molecule has 0 saturated heterocycles. The highest BCUT2D eigenvalue weighted by molar-refractivity contribution is 6.27. The van der Waals surface area contributed by atoms with Crippen LogP contribution in [0, 0.1) is 0 Å². The molecule has 6 heteroatoms. The molecule has 1 rings (SSSR count). The lowest BCUT2D eigenvalue weighted by Gasteiger charge is -1.99. The molecule has 0 aromatic carbocycles. The Morgan fingerprint density at radius 3 is 2.87 bits per heavy atom. The van der Waals surface area contributed by atoms with E-state index in [4.69, 9.17) is 16.0 Å². The predicted octanol–water partition coefficient (Wildman–Crippen LogP) is 0.921. The minimum atomic E-state index is -0.551. The number of esters is 1. The van der Waals surface area contributed by atoms with Crippen LogP contribution in [0.3, 0.4) is 0 Å². The molecule has 0 saturated carbocycles. The van der Waals surface area contributed by atoms with Crippen molar-refractivity contribution in [3.8, 4) is 0 Å². The number of carbonyl (C=O) groups is 2. The van der Waals surface area contributed by atoms with Gasteiger partial charge in [-0.25, -0.2) is 4.79 Å². The Kier molecular flexibility index (Phi) is 4.17. The summed E-state index contributed by atoms with van der Waals surface area (Å²) in [5, 5.41) is 2.50. The minimum Gasteiger partial charge on any atom is -0.463 e. The Morgan fingerprint density at radius 2 is 2.27 bits per heavy atom. The van der Waals surface area contributed by atoms with Gasteiger partial charge in [0.25, 0.3) is 0 Å². The molecule has 0 bridgehead atoms. The molecule has 1 aromatic heterocycles. The van der Waals surface area contributed by atoms with Gasteiger partial charge in [-0.05, 0) is 12.1 Å². The van der Waals surface area contributed by atoms with Crippen LogP contribution in [0.1, 0.15) is 16.3 Å². The number of rotatable bonds is 4. The maximum Gasteiger partial charge on any atom is 0.373 e. The number of hydrogen-bond donors (Lipinski definition) is 1. The van der Waals surface area contributed by atoms with Crippen molar-refractivity contribution in [1.82, 2.24) is 5.32 Å². The first-order chi connectivity index (χ1) is 7.17. The zero-order chi connectivity index (χ0) is 11.3. The lowest BCUT2D eigenvalue weighted by molar-refractivity contribution is -0.118. The zero-order valence-electron chi connectivity index (χ0n) is 8.08. The SMILES string of the molecule is COC(=O)c1ccc(CNC(=O)CCl)o1. The summed E-state index contributed by atoms with van der Waals surface area (Å²) < 4.78 is 9.55. The van der Waals surface area contributed by atoms with Crippen LogP contribution in [0.5, 0.6) is 0 Å². The lowest BCUT2D eigenvalue weighted by atomic mass is 10.4. The molecule has 0 spiro atoms. The molecule has 0 atom stereocenters. The Balaban J connectivity index is 2.53. The van der Waals surface area contributed by atoms with Crippen LogP contribution < -0.4 is 5.32 Å². The highest BCUT2D eigenvalue weighted by Crippen LogP contribution is 2.08. The highest BCUT2D eigenvalue weighted by atomic mass is 35.5. The summed E-state index contributed by atoms with van der Waals surface area (Å²) in [5.41, 5.74) is 0. The fraction of sp³-hybridized carbons (Fsp3) is 0.333. The van der Waals surface area contributed by atoms with Gasteiger partial charge in [0.15, 0.2) is 0 Å². The second kappa shape index (κ2) is 5.41. The molecule has 1 amide bonds. The van der Waals surface area contributed by atoms with E-state index < -0.39 is 5.97 Å². The number of halogens is 1. The van der Waals surface area contributed by atoms with E-state index in [9.17, 15) is 9.59 Å². The van der Waals surface area contributed by atoms with Gasteiger partial charge in [0.1, 0.15) is 11.6 Å². The van der Waals surface area contributed by atoms with Gasteiger partial charge in [0, 0.05) is 0 Å². The minimum absolute atomic E-state index is 0.104. The van der Waals surface area contributed by atoms with Gasteiger partial charge in [-0.3, -0.25) is 4.79 Å². The average Bonchev–Trinajstić information content (AvgIpc) is 2.73. The molecule has 1 N–H and O–H groups in total. The van der Waals surface area contributed by atoms with Gasteiger partial charge in [0.2, 0.25) is 11.7 Å². The van der Waals surface area contributed by atoms with Gasteiger partial charge in [-0.1, -0.05) is 0 Å². The first kappa shape index (κ1) is 11.6. The number of hydrogen-bond acceptors (Lipinski definition) is 4. The molecule has 0 unspecified atom stereocenters. The van der Waals surface area contributed by atoms with Crippen molar-refractivity contribution in [1.29, 1.82) is 0 Å². The number of nitrogens with one attached hydrogen (secondary N) is 1. The van der Waals surface area contributed by atoms with Crippen molar-refractivity contribution in [3.63, 3.8) is 0 Å². The van der Waals surface area contributed by atoms with E-state index in [-0.39, 0.29) is 24.1 Å². The van der Waals surface area contributed by atoms with Crippen LogP contribution >= 0.6 is 11.6 Å². The quantitative estimate of drug-likeness (QED) is 0.618. The van der Waals surface area contributed by atoms with E-state index in [1.54, 1.807) is 6.07 Å². The van der Waals surface area contributed by atoms with Gasteiger partial charge in [-0.15, -0.1) is 11.6 Å². The fourth-order valence-corrected chi connectivity index (χ4v) is 1.01. The molecular formula is C9H10ClNO4. The smallest absolute Gasteiger partial charge is 0.373 e. The van der Waals surface area contributed by atoms with Crippen LogP contribution in [0.15, 0.2) is 16.5 Å². The molecule has 1 heterocycles. The van der Waals surface area contributed by atoms with Crippen LogP contribution in [0.2, 0.25) is 0 Å². The second-order valence-corrected chi connectivity index (χ2v) is 2.94. The number of carbonyl (C=O) groups excluding carboxylic acids is 2. The van der Waals surface area contributed by atoms with Gasteiger partial charge >= 0.3 is 5.97 Å². The van der Waals surface area contributed by atoms with Crippen LogP contribution in [-0.2, 0) is 16.1 Å². The largest absolute Gasteiger partial charge is 0.463 e. The Morgan fingerprint density at radius 1 is 1.53 bits per heavy atom. The summed E-state index contributed by atoms with van der Waals surface area (Å²) >= 11 is 5.28. The number of alkyl halides is 1. The third kappa shape index (κ3) is 3.28. The monoisotopic (exact) mass is 231 g/mol. The molecule has 82 valence electrons. The van der Waals surface area contributed by atoms with Crippen LogP contribution in [-0.4, -0.2) is 24.9 Å². The Labute approximate surface area is 91.3 Å². The predicted molar refractivity (Wildman–Crippen MR) is 52.6 cm³/mol. The molecule has 1 aromatic rings. The van der Waals surface area contributed by atoms with Crippen molar-refractivity contribution in [2.24, 2.45) is 0 Å². The Hall–Kier alpha value is -1.49. The first-order valence-corrected chi connectivity index (χ1v) is 4.70. The average molecular weight is 232 g/mol. The van der Waals surface area contributed by atoms with Crippen molar-refractivity contribution < 1.29 is 18.7 Å². The van der Waals surface area contributed by atoms with Gasteiger partial charge in [-0.2, -0.15) is 0 Å². The summed E-state index contributed by atoms with van der Waals surface area (Å²) in [6, 6.07) is 3.06. The number of amides is 1. The molecule has 15 heavy (non-hydrogen) atoms. The molecule has 5 nitrogen and oxygen atoms in total. The highest BCUT2D eigenvalue weighted by Gasteiger charge is 2.11. The Bertz CT molecular complexity index is 361. The normalized spacial score (nSPS) is 9.73. The van der Waals surface area contributed by atoms with E-state index in [1.165, 1.54) is 13.2 Å². The molecular weight excluding hydrogens is 222 g/mol. The topological polar surface area (TPSA) is 68.5 Å². The fourth-order valence-electron chi connectivity index (χ4n) is 0.916. The summed E-state index contributed by atoms with van der Waals surface area (Å²) in [4.78, 5) is 21.8. The van der Waals surface area contributed by atoms with E-state index in [2.05, 4.69) is 10.1 Å². The van der Waals surface area contributed by atoms with Crippen LogP contribution in [0.25, 0.3) is 0 Å². The summed E-state index contributed by atoms with van der Waals surface area (Å²) in [6.45, 7) is 0.197. The number of methoxy groups -OCH3 is 1. The number of furan rings is 1. The maximum atomic E-state index is 11.0. The van der Waals surface area contributed by atoms with E-state index in [1.807, 2.05) is 0 Å². The summed E-state index contributed by atoms with van der Waals surface area (Å²) in [6.07, 6.45) is 0. The van der Waals surface area contributed by atoms with Crippen LogP contribution in [0.4, 0.5) is 0 Å². The lowest BCUT2D eigenvalue weighted by Crippen LogP contribution is -2.23. The third-order valence-electron chi connectivity index (χ3n) is 1.63. The zero-order valence-corrected chi connectivity index (χ0v) is 8.84. The van der Waals surface area contributed by atoms with E-state index >= 15 is 0 Å². The van der Waals surface area contributed by atoms with Gasteiger partial charge in [0.05, 0.1) is 13.7 Å². The van der Waals surface area contributed by atoms with E-state index in [0.717, 1.165) is 0 Å². The third-order valence-corrected chi connectivity index (χ3v) is 1.87. The molecule has 0 aliphatic rings. The maximum absolute atomic E-state index is 11.0. The second-order valence-electron chi connectivity index (χ2n) is 2.67. The first-order valence-electron chi connectivity index (χ1n) is 4.17. The van der Waals surface area contributed by atoms with Gasteiger partial charge < -0.3 is 14.5 Å². The van der Waals surface area contributed by atoms with E-state index in [0.29, 0.717) is 5.76 Å².